The van der Waals surface area contributed by atoms with Crippen molar-refractivity contribution < 1.29 is 21.5 Å². The van der Waals surface area contributed by atoms with Crippen molar-refractivity contribution in [3.63, 3.8) is 0 Å². The molecule has 0 aliphatic carbocycles. The van der Waals surface area contributed by atoms with E-state index in [1.807, 2.05) is 67.9 Å². The second kappa shape index (κ2) is 13.9. The second-order valence-electron chi connectivity index (χ2n) is 13.0. The van der Waals surface area contributed by atoms with Crippen molar-refractivity contribution in [2.24, 2.45) is 0 Å². The molecule has 0 aliphatic heterocycles. The molecule has 0 N–H and O–H groups in total. The first-order valence-corrected chi connectivity index (χ1v) is 30.0. The maximum atomic E-state index is 8.37. The molecule has 2 nitrogen and oxygen atoms in total. The van der Waals surface area contributed by atoms with Crippen LogP contribution in [-0.4, -0.2) is 36.5 Å². The summed E-state index contributed by atoms with van der Waals surface area (Å²) in [7, 11) is 0. The standard InChI is InChI=1S/C23H24GeNS.C14H16GeN.Ir/c1-15(2)16-12-13-25-20(14-16)17-10-11-19(24(3,4)5)22-18-8-6-7-9-21(18)26-23(17)22;1-15(2,3)13-9-10-14(16-11-13)12-7-5-4-6-8-12;/h6-9,11-15H,1-5H3;4-7,9-11H,1-3H3;/q2*-1;/i15D;;. The third kappa shape index (κ3) is 7.77. The van der Waals surface area contributed by atoms with Crippen molar-refractivity contribution >= 4 is 66.8 Å². The number of thiophene rings is 1. The molecule has 3 aromatic heterocycles. The number of rotatable bonds is 5. The van der Waals surface area contributed by atoms with E-state index in [0.717, 1.165) is 28.1 Å². The smallest absolute Gasteiger partial charge is 0 e. The fourth-order valence-corrected chi connectivity index (χ4v) is 11.8. The summed E-state index contributed by atoms with van der Waals surface area (Å²) in [6.45, 7) is 3.84. The van der Waals surface area contributed by atoms with Crippen LogP contribution in [0, 0.1) is 12.1 Å². The Morgan fingerprint density at radius 1 is 0.814 bits per heavy atom. The predicted molar refractivity (Wildman–Crippen MR) is 190 cm³/mol. The Morgan fingerprint density at radius 3 is 2.19 bits per heavy atom. The Kier molecular flexibility index (Phi) is 10.5. The molecule has 6 heteroatoms. The second-order valence-corrected chi connectivity index (χ2v) is 35.3. The minimum atomic E-state index is -2.06. The summed E-state index contributed by atoms with van der Waals surface area (Å²) in [5.41, 5.74) is 5.03. The van der Waals surface area contributed by atoms with Gasteiger partial charge in [-0.25, -0.2) is 0 Å². The molecule has 0 atom stereocenters. The fourth-order valence-electron chi connectivity index (χ4n) is 4.98. The van der Waals surface area contributed by atoms with Gasteiger partial charge in [-0.3, -0.25) is 0 Å². The van der Waals surface area contributed by atoms with Crippen LogP contribution in [0.4, 0.5) is 0 Å². The van der Waals surface area contributed by atoms with Crippen molar-refractivity contribution in [3.05, 3.63) is 109 Å². The van der Waals surface area contributed by atoms with Gasteiger partial charge in [0.05, 0.1) is 0 Å². The van der Waals surface area contributed by atoms with E-state index < -0.39 is 32.4 Å². The van der Waals surface area contributed by atoms with Crippen molar-refractivity contribution in [1.29, 1.82) is 0 Å². The average Bonchev–Trinajstić information content (AvgIpc) is 3.36. The molecular formula is C37H40Ge2IrN2S-2. The topological polar surface area (TPSA) is 25.8 Å². The fraction of sp³-hybridized carbons (Fsp3) is 0.243. The van der Waals surface area contributed by atoms with Crippen LogP contribution in [0.1, 0.15) is 26.7 Å². The normalized spacial score (nSPS) is 12.3. The monoisotopic (exact) mass is 886 g/mol. The molecule has 223 valence electrons. The van der Waals surface area contributed by atoms with Gasteiger partial charge in [0.2, 0.25) is 0 Å². The Balaban J connectivity index is 0.000000223. The van der Waals surface area contributed by atoms with Gasteiger partial charge in [-0.1, -0.05) is 0 Å². The van der Waals surface area contributed by atoms with Crippen LogP contribution >= 0.6 is 11.3 Å². The van der Waals surface area contributed by atoms with Crippen LogP contribution in [0.3, 0.4) is 0 Å². The van der Waals surface area contributed by atoms with Crippen LogP contribution in [-0.2, 0) is 20.1 Å². The van der Waals surface area contributed by atoms with E-state index >= 15 is 0 Å². The number of aromatic nitrogens is 2. The zero-order valence-electron chi connectivity index (χ0n) is 27.3. The van der Waals surface area contributed by atoms with Gasteiger partial charge in [-0.15, -0.1) is 0 Å². The van der Waals surface area contributed by atoms with E-state index in [4.69, 9.17) is 1.37 Å². The summed E-state index contributed by atoms with van der Waals surface area (Å²) in [6.07, 6.45) is 3.86. The molecule has 0 amide bonds. The largest absolute Gasteiger partial charge is 0 e. The SMILES string of the molecule is [2H]C(C)(C)c1ccnc(-c2[c-]c[c]([Ge]([CH3])([CH3])[CH3])c3c2sc2ccccc23)c1.[CH3][Ge]([CH3])([CH3])[c]1ccc(-c2[c-]cccc2)nc1.[Ir]. The zero-order chi connectivity index (χ0) is 31.0. The van der Waals surface area contributed by atoms with Gasteiger partial charge in [0, 0.05) is 20.1 Å². The number of hydrogen-bond donors (Lipinski definition) is 0. The van der Waals surface area contributed by atoms with Crippen LogP contribution in [0.2, 0.25) is 34.5 Å². The molecule has 6 aromatic rings. The summed E-state index contributed by atoms with van der Waals surface area (Å²) < 4.78 is 13.9. The van der Waals surface area contributed by atoms with Gasteiger partial charge >= 0.3 is 264 Å². The Labute approximate surface area is 281 Å². The molecule has 0 aliphatic rings. The molecule has 0 saturated heterocycles. The molecule has 0 fully saturated rings. The Morgan fingerprint density at radius 2 is 1.56 bits per heavy atom. The maximum absolute atomic E-state index is 8.37. The first-order valence-electron chi connectivity index (χ1n) is 15.0. The van der Waals surface area contributed by atoms with Gasteiger partial charge in [0.15, 0.2) is 0 Å². The number of benzene rings is 3. The molecule has 1 radical (unpaired) electrons. The van der Waals surface area contributed by atoms with E-state index in [2.05, 4.69) is 105 Å². The van der Waals surface area contributed by atoms with Crippen molar-refractivity contribution in [3.8, 4) is 22.5 Å². The molecule has 43 heavy (non-hydrogen) atoms. The summed E-state index contributed by atoms with van der Waals surface area (Å²) in [5, 5.41) is 2.74. The molecule has 0 unspecified atom stereocenters. The third-order valence-electron chi connectivity index (χ3n) is 7.47. The molecule has 0 saturated carbocycles. The van der Waals surface area contributed by atoms with Gasteiger partial charge in [-0.05, 0) is 0 Å². The van der Waals surface area contributed by atoms with Crippen molar-refractivity contribution in [2.45, 2.75) is 54.3 Å². The molecule has 3 heterocycles. The first-order chi connectivity index (χ1) is 20.2. The molecule has 0 bridgehead atoms. The van der Waals surface area contributed by atoms with E-state index in [-0.39, 0.29) is 20.1 Å². The van der Waals surface area contributed by atoms with E-state index in [1.54, 1.807) is 0 Å². The predicted octanol–water partition coefficient (Wildman–Crippen LogP) is 9.68. The molecule has 3 aromatic carbocycles. The van der Waals surface area contributed by atoms with Gasteiger partial charge in [-0.2, -0.15) is 0 Å². The number of fused-ring (bicyclic) bond motifs is 3. The number of nitrogens with zero attached hydrogens (tertiary/aromatic N) is 2. The number of hydrogen-bond acceptors (Lipinski definition) is 3. The summed E-state index contributed by atoms with van der Waals surface area (Å²) in [5.74, 6) is 13.8. The van der Waals surface area contributed by atoms with Crippen LogP contribution in [0.25, 0.3) is 42.7 Å². The summed E-state index contributed by atoms with van der Waals surface area (Å²) in [6, 6.07) is 34.0. The Bertz CT molecular complexity index is 1870. The zero-order valence-corrected chi connectivity index (χ0v) is 33.7. The van der Waals surface area contributed by atoms with Crippen molar-refractivity contribution in [1.82, 2.24) is 9.97 Å². The maximum Gasteiger partial charge on any atom is 0 e. The first kappa shape index (κ1) is 32.3. The summed E-state index contributed by atoms with van der Waals surface area (Å²) >= 11 is -1.94. The molecule has 0 spiro atoms. The third-order valence-corrected chi connectivity index (χ3v) is 17.1. The minimum Gasteiger partial charge on any atom is 0 e. The Hall–Kier alpha value is -2.08. The van der Waals surface area contributed by atoms with Crippen LogP contribution in [0.5, 0.6) is 0 Å². The van der Waals surface area contributed by atoms with Crippen molar-refractivity contribution in [2.75, 3.05) is 0 Å². The van der Waals surface area contributed by atoms with E-state index in [0.29, 0.717) is 0 Å². The number of pyridine rings is 2. The van der Waals surface area contributed by atoms with Gasteiger partial charge in [0.1, 0.15) is 0 Å². The minimum absolute atomic E-state index is 0. The molecule has 6 rings (SSSR count). The van der Waals surface area contributed by atoms with Crippen LogP contribution < -0.4 is 8.79 Å². The van der Waals surface area contributed by atoms with Gasteiger partial charge < -0.3 is 0 Å². The van der Waals surface area contributed by atoms with E-state index in [9.17, 15) is 0 Å². The summed E-state index contributed by atoms with van der Waals surface area (Å²) in [4.78, 5) is 9.17. The van der Waals surface area contributed by atoms with E-state index in [1.165, 1.54) is 29.0 Å². The van der Waals surface area contributed by atoms with Gasteiger partial charge in [0.25, 0.3) is 0 Å². The molecular weight excluding hydrogens is 842 g/mol. The average molecular weight is 883 g/mol. The van der Waals surface area contributed by atoms with Crippen LogP contribution in [0.15, 0.2) is 91.3 Å². The quantitative estimate of drug-likeness (QED) is 0.127.